The highest BCUT2D eigenvalue weighted by atomic mass is 32.2. The molecule has 10 heteroatoms. The fourth-order valence-corrected chi connectivity index (χ4v) is 6.72. The maximum Gasteiger partial charge on any atom is 0.341 e. The molecule has 4 rings (SSSR count). The lowest BCUT2D eigenvalue weighted by Crippen LogP contribution is -2.17. The average molecular weight is 491 g/mol. The second kappa shape index (κ2) is 10.2. The van der Waals surface area contributed by atoms with E-state index in [9.17, 15) is 9.59 Å². The topological polar surface area (TPSA) is 86.1 Å². The minimum absolute atomic E-state index is 0.159. The van der Waals surface area contributed by atoms with Crippen molar-refractivity contribution in [3.05, 3.63) is 33.5 Å². The van der Waals surface area contributed by atoms with Gasteiger partial charge in [-0.15, -0.1) is 32.9 Å². The predicted octanol–water partition coefficient (Wildman–Crippen LogP) is 5.44. The summed E-state index contributed by atoms with van der Waals surface area (Å²) in [6.07, 6.45) is 5.11. The third-order valence-corrected chi connectivity index (χ3v) is 8.33. The van der Waals surface area contributed by atoms with Gasteiger partial charge in [0.05, 0.1) is 23.3 Å². The standard InChI is InChI=1S/C22H26N4O3S3/c1-13(2)26-19(16-10-7-11-30-16)24-25-22(26)31-12-17(27)23-20-18(21(28)29-3)14-8-5-4-6-9-15(14)32-20/h7,10-11,13H,4-6,8-9,12H2,1-3H3,(H,23,27). The Bertz CT molecular complexity index is 1100. The van der Waals surface area contributed by atoms with E-state index in [1.54, 1.807) is 11.3 Å². The van der Waals surface area contributed by atoms with Crippen LogP contribution in [-0.4, -0.2) is 39.5 Å². The summed E-state index contributed by atoms with van der Waals surface area (Å²) in [7, 11) is 1.38. The van der Waals surface area contributed by atoms with Crippen molar-refractivity contribution in [2.45, 2.75) is 57.1 Å². The first kappa shape index (κ1) is 23.0. The van der Waals surface area contributed by atoms with E-state index in [1.165, 1.54) is 35.1 Å². The number of nitrogens with zero attached hydrogens (tertiary/aromatic N) is 3. The first-order valence-corrected chi connectivity index (χ1v) is 13.3. The van der Waals surface area contributed by atoms with E-state index in [2.05, 4.69) is 33.9 Å². The molecule has 0 fully saturated rings. The van der Waals surface area contributed by atoms with E-state index in [0.717, 1.165) is 48.4 Å². The lowest BCUT2D eigenvalue weighted by atomic mass is 10.1. The van der Waals surface area contributed by atoms with Crippen LogP contribution in [0.15, 0.2) is 22.7 Å². The summed E-state index contributed by atoms with van der Waals surface area (Å²) in [5, 5.41) is 14.9. The van der Waals surface area contributed by atoms with E-state index in [4.69, 9.17) is 4.74 Å². The molecule has 0 aromatic carbocycles. The number of ether oxygens (including phenoxy) is 1. The average Bonchev–Trinajstić information content (AvgIpc) is 3.47. The normalized spacial score (nSPS) is 13.6. The van der Waals surface area contributed by atoms with Gasteiger partial charge in [0.1, 0.15) is 5.00 Å². The SMILES string of the molecule is COC(=O)c1c(NC(=O)CSc2nnc(-c3cccs3)n2C(C)C)sc2c1CCCCC2. The number of aromatic nitrogens is 3. The number of carbonyl (C=O) groups is 2. The maximum absolute atomic E-state index is 12.8. The van der Waals surface area contributed by atoms with Crippen molar-refractivity contribution < 1.29 is 14.3 Å². The number of anilines is 1. The molecular weight excluding hydrogens is 464 g/mol. The summed E-state index contributed by atoms with van der Waals surface area (Å²) in [4.78, 5) is 27.5. The van der Waals surface area contributed by atoms with Gasteiger partial charge in [-0.25, -0.2) is 4.79 Å². The Morgan fingerprint density at radius 1 is 1.25 bits per heavy atom. The Kier molecular flexibility index (Phi) is 7.32. The third kappa shape index (κ3) is 4.77. The van der Waals surface area contributed by atoms with Crippen molar-refractivity contribution in [3.8, 4) is 10.7 Å². The number of nitrogens with one attached hydrogen (secondary N) is 1. The summed E-state index contributed by atoms with van der Waals surface area (Å²) in [6.45, 7) is 4.15. The van der Waals surface area contributed by atoms with Gasteiger partial charge in [-0.2, -0.15) is 0 Å². The summed E-state index contributed by atoms with van der Waals surface area (Å²) in [6, 6.07) is 4.16. The first-order valence-electron chi connectivity index (χ1n) is 10.6. The summed E-state index contributed by atoms with van der Waals surface area (Å²) in [5.41, 5.74) is 1.57. The van der Waals surface area contributed by atoms with Crippen LogP contribution in [-0.2, 0) is 22.4 Å². The number of carbonyl (C=O) groups excluding carboxylic acids is 2. The number of esters is 1. The van der Waals surface area contributed by atoms with Crippen molar-refractivity contribution >= 4 is 51.3 Å². The maximum atomic E-state index is 12.8. The van der Waals surface area contributed by atoms with Gasteiger partial charge in [0.15, 0.2) is 11.0 Å². The molecule has 0 bridgehead atoms. The van der Waals surface area contributed by atoms with Crippen LogP contribution < -0.4 is 5.32 Å². The lowest BCUT2D eigenvalue weighted by Gasteiger charge is -2.13. The fraction of sp³-hybridized carbons (Fsp3) is 0.455. The number of hydrogen-bond acceptors (Lipinski definition) is 8. The Hall–Kier alpha value is -2.17. The Morgan fingerprint density at radius 2 is 2.06 bits per heavy atom. The second-order valence-corrected chi connectivity index (χ2v) is 10.8. The molecule has 0 aliphatic heterocycles. The number of aryl methyl sites for hydroxylation is 1. The number of hydrogen-bond donors (Lipinski definition) is 1. The van der Waals surface area contributed by atoms with Crippen molar-refractivity contribution in [3.63, 3.8) is 0 Å². The van der Waals surface area contributed by atoms with Crippen molar-refractivity contribution in [1.29, 1.82) is 0 Å². The fourth-order valence-electron chi connectivity index (χ4n) is 3.86. The molecule has 170 valence electrons. The van der Waals surface area contributed by atoms with Gasteiger partial charge < -0.3 is 10.1 Å². The smallest absolute Gasteiger partial charge is 0.341 e. The lowest BCUT2D eigenvalue weighted by molar-refractivity contribution is -0.113. The number of thioether (sulfide) groups is 1. The number of amides is 1. The van der Waals surface area contributed by atoms with Crippen LogP contribution in [0.5, 0.6) is 0 Å². The zero-order valence-corrected chi connectivity index (χ0v) is 20.8. The second-order valence-electron chi connectivity index (χ2n) is 7.84. The molecule has 3 aromatic heterocycles. The molecule has 1 amide bonds. The van der Waals surface area contributed by atoms with Crippen LogP contribution in [0.2, 0.25) is 0 Å². The van der Waals surface area contributed by atoms with Crippen molar-refractivity contribution in [2.24, 2.45) is 0 Å². The molecule has 32 heavy (non-hydrogen) atoms. The summed E-state index contributed by atoms with van der Waals surface area (Å²) >= 11 is 4.47. The molecule has 0 spiro atoms. The number of thiophene rings is 2. The molecule has 1 N–H and O–H groups in total. The molecule has 0 radical (unpaired) electrons. The predicted molar refractivity (Wildman–Crippen MR) is 130 cm³/mol. The minimum atomic E-state index is -0.382. The molecule has 0 unspecified atom stereocenters. The van der Waals surface area contributed by atoms with Gasteiger partial charge in [0.25, 0.3) is 0 Å². The Balaban J connectivity index is 1.50. The zero-order valence-electron chi connectivity index (χ0n) is 18.3. The molecule has 0 atom stereocenters. The summed E-state index contributed by atoms with van der Waals surface area (Å²) in [5.74, 6) is 0.436. The zero-order chi connectivity index (χ0) is 22.7. The molecular formula is C22H26N4O3S3. The molecule has 7 nitrogen and oxygen atoms in total. The summed E-state index contributed by atoms with van der Waals surface area (Å²) < 4.78 is 7.08. The van der Waals surface area contributed by atoms with Gasteiger partial charge >= 0.3 is 5.97 Å². The van der Waals surface area contributed by atoms with Crippen LogP contribution in [0, 0.1) is 0 Å². The molecule has 3 heterocycles. The molecule has 0 saturated heterocycles. The van der Waals surface area contributed by atoms with E-state index in [0.29, 0.717) is 15.7 Å². The first-order chi connectivity index (χ1) is 15.5. The Morgan fingerprint density at radius 3 is 2.78 bits per heavy atom. The highest BCUT2D eigenvalue weighted by Gasteiger charge is 2.26. The van der Waals surface area contributed by atoms with Gasteiger partial charge in [0.2, 0.25) is 5.91 Å². The third-order valence-electron chi connectivity index (χ3n) is 5.32. The molecule has 1 aliphatic rings. The van der Waals surface area contributed by atoms with Crippen LogP contribution in [0.25, 0.3) is 10.7 Å². The minimum Gasteiger partial charge on any atom is -0.465 e. The highest BCUT2D eigenvalue weighted by molar-refractivity contribution is 7.99. The monoisotopic (exact) mass is 490 g/mol. The van der Waals surface area contributed by atoms with E-state index in [1.807, 2.05) is 17.5 Å². The van der Waals surface area contributed by atoms with E-state index < -0.39 is 0 Å². The largest absolute Gasteiger partial charge is 0.465 e. The van der Waals surface area contributed by atoms with E-state index >= 15 is 0 Å². The molecule has 3 aromatic rings. The van der Waals surface area contributed by atoms with Gasteiger partial charge in [-0.3, -0.25) is 9.36 Å². The van der Waals surface area contributed by atoms with Crippen molar-refractivity contribution in [1.82, 2.24) is 14.8 Å². The molecule has 0 saturated carbocycles. The highest BCUT2D eigenvalue weighted by Crippen LogP contribution is 2.38. The van der Waals surface area contributed by atoms with E-state index in [-0.39, 0.29) is 23.7 Å². The number of methoxy groups -OCH3 is 1. The van der Waals surface area contributed by atoms with Crippen LogP contribution >= 0.6 is 34.4 Å². The van der Waals surface area contributed by atoms with Gasteiger partial charge in [-0.1, -0.05) is 24.2 Å². The quantitative estimate of drug-likeness (QED) is 0.270. The van der Waals surface area contributed by atoms with Gasteiger partial charge in [0, 0.05) is 10.9 Å². The van der Waals surface area contributed by atoms with Crippen LogP contribution in [0.4, 0.5) is 5.00 Å². The van der Waals surface area contributed by atoms with Crippen LogP contribution in [0.1, 0.15) is 60.0 Å². The van der Waals surface area contributed by atoms with Gasteiger partial charge in [-0.05, 0) is 56.5 Å². The van der Waals surface area contributed by atoms with Crippen LogP contribution in [0.3, 0.4) is 0 Å². The number of fused-ring (bicyclic) bond motifs is 1. The molecule has 1 aliphatic carbocycles. The number of rotatable bonds is 7. The Labute approximate surface area is 199 Å². The van der Waals surface area contributed by atoms with Crippen molar-refractivity contribution in [2.75, 3.05) is 18.2 Å².